The van der Waals surface area contributed by atoms with Crippen LogP contribution in [0.2, 0.25) is 0 Å². The van der Waals surface area contributed by atoms with E-state index in [4.69, 9.17) is 14.2 Å². The van der Waals surface area contributed by atoms with Crippen LogP contribution in [0.4, 0.5) is 10.7 Å². The first-order valence-corrected chi connectivity index (χ1v) is 12.4. The molecule has 0 radical (unpaired) electrons. The zero-order valence-electron chi connectivity index (χ0n) is 21.6. The average molecular weight is 503 g/mol. The molecule has 6 rings (SSSR count). The highest BCUT2D eigenvalue weighted by atomic mass is 16.5. The largest absolute Gasteiger partial charge is 0.488 e. The highest BCUT2D eigenvalue weighted by molar-refractivity contribution is 5.94. The van der Waals surface area contributed by atoms with Crippen LogP contribution in [-0.2, 0) is 0 Å². The first-order valence-electron chi connectivity index (χ1n) is 12.4. The number of aromatic nitrogens is 4. The van der Waals surface area contributed by atoms with Crippen molar-refractivity contribution in [1.82, 2.24) is 24.6 Å². The summed E-state index contributed by atoms with van der Waals surface area (Å²) in [5.41, 5.74) is 4.75. The molecule has 1 atom stereocenters. The Balaban J connectivity index is 1.48. The third-order valence-electron chi connectivity index (χ3n) is 7.26. The van der Waals surface area contributed by atoms with Gasteiger partial charge in [-0.05, 0) is 58.9 Å². The lowest BCUT2D eigenvalue weighted by molar-refractivity contribution is 0.0596. The Bertz CT molecular complexity index is 1480. The van der Waals surface area contributed by atoms with Crippen LogP contribution in [0.1, 0.15) is 44.0 Å². The second kappa shape index (κ2) is 8.22. The van der Waals surface area contributed by atoms with Crippen LogP contribution in [0, 0.1) is 13.8 Å². The summed E-state index contributed by atoms with van der Waals surface area (Å²) in [6.07, 6.45) is 0.880. The molecule has 1 aromatic carbocycles. The van der Waals surface area contributed by atoms with Gasteiger partial charge < -0.3 is 19.3 Å². The topological polar surface area (TPSA) is 110 Å². The minimum atomic E-state index is -0.905. The SMILES string of the molecule is Cc1noc(C)c1-c1ccc2nc(N3CC(N(C(=O)O)C(C)(C)C)C3)n3c2c1OC[C@@H]3c1ccccn1. The molecule has 2 aliphatic rings. The van der Waals surface area contributed by atoms with Crippen LogP contribution < -0.4 is 9.64 Å². The van der Waals surface area contributed by atoms with Gasteiger partial charge in [-0.2, -0.15) is 0 Å². The number of amides is 1. The fourth-order valence-electron chi connectivity index (χ4n) is 5.67. The summed E-state index contributed by atoms with van der Waals surface area (Å²) in [7, 11) is 0. The molecule has 10 nitrogen and oxygen atoms in total. The van der Waals surface area contributed by atoms with Gasteiger partial charge in [-0.25, -0.2) is 9.78 Å². The standard InChI is InChI=1S/C27H30N6O4/c1-15-22(16(2)37-30-15)18-9-10-20-23-24(18)36-14-21(19-8-6-7-11-28-19)32(23)25(29-20)31-12-17(13-31)33(26(34)35)27(3,4)5/h6-11,17,21H,12-14H2,1-5H3,(H,34,35)/t21-/m1/s1. The molecule has 5 heterocycles. The number of pyridine rings is 1. The highest BCUT2D eigenvalue weighted by Gasteiger charge is 2.43. The van der Waals surface area contributed by atoms with Crippen molar-refractivity contribution >= 4 is 23.1 Å². The first-order chi connectivity index (χ1) is 17.6. The maximum absolute atomic E-state index is 12.0. The molecule has 0 aliphatic carbocycles. The molecule has 0 spiro atoms. The van der Waals surface area contributed by atoms with E-state index in [9.17, 15) is 9.90 Å². The molecular weight excluding hydrogens is 472 g/mol. The van der Waals surface area contributed by atoms with Crippen molar-refractivity contribution in [1.29, 1.82) is 0 Å². The van der Waals surface area contributed by atoms with Crippen molar-refractivity contribution in [2.24, 2.45) is 0 Å². The molecule has 0 unspecified atom stereocenters. The van der Waals surface area contributed by atoms with Gasteiger partial charge in [0.2, 0.25) is 5.95 Å². The molecule has 3 aromatic heterocycles. The van der Waals surface area contributed by atoms with E-state index in [0.717, 1.165) is 51.0 Å². The van der Waals surface area contributed by atoms with E-state index in [-0.39, 0.29) is 12.1 Å². The van der Waals surface area contributed by atoms with E-state index in [1.807, 2.05) is 65.0 Å². The zero-order chi connectivity index (χ0) is 26.1. The van der Waals surface area contributed by atoms with Crippen LogP contribution >= 0.6 is 0 Å². The summed E-state index contributed by atoms with van der Waals surface area (Å²) < 4.78 is 14.1. The highest BCUT2D eigenvalue weighted by Crippen LogP contribution is 2.46. The number of carbonyl (C=O) groups is 1. The number of anilines is 1. The molecule has 2 aliphatic heterocycles. The number of carboxylic acid groups (broad SMARTS) is 1. The number of ether oxygens (including phenoxy) is 1. The third-order valence-corrected chi connectivity index (χ3v) is 7.26. The molecule has 0 saturated carbocycles. The van der Waals surface area contributed by atoms with Gasteiger partial charge >= 0.3 is 6.09 Å². The minimum Gasteiger partial charge on any atom is -0.488 e. The molecule has 192 valence electrons. The van der Waals surface area contributed by atoms with Gasteiger partial charge in [0.25, 0.3) is 0 Å². The molecule has 1 N–H and O–H groups in total. The van der Waals surface area contributed by atoms with Crippen LogP contribution in [-0.4, -0.2) is 67.1 Å². The molecule has 1 amide bonds. The Morgan fingerprint density at radius 1 is 1.16 bits per heavy atom. The maximum Gasteiger partial charge on any atom is 0.408 e. The summed E-state index contributed by atoms with van der Waals surface area (Å²) in [5, 5.41) is 14.0. The molecular formula is C27H30N6O4. The number of aryl methyl sites for hydroxylation is 2. The molecule has 4 aromatic rings. The van der Waals surface area contributed by atoms with Crippen molar-refractivity contribution in [3.63, 3.8) is 0 Å². The lowest BCUT2D eigenvalue weighted by Crippen LogP contribution is -2.65. The van der Waals surface area contributed by atoms with E-state index < -0.39 is 11.6 Å². The summed E-state index contributed by atoms with van der Waals surface area (Å²) in [6.45, 7) is 11.1. The van der Waals surface area contributed by atoms with E-state index in [1.54, 1.807) is 11.1 Å². The van der Waals surface area contributed by atoms with Crippen molar-refractivity contribution < 1.29 is 19.2 Å². The number of imidazole rings is 1. The van der Waals surface area contributed by atoms with Gasteiger partial charge in [0.15, 0.2) is 5.75 Å². The van der Waals surface area contributed by atoms with Crippen molar-refractivity contribution in [2.75, 3.05) is 24.6 Å². The Morgan fingerprint density at radius 2 is 1.95 bits per heavy atom. The quantitative estimate of drug-likeness (QED) is 0.429. The average Bonchev–Trinajstić information content (AvgIpc) is 3.36. The van der Waals surface area contributed by atoms with Crippen LogP contribution in [0.5, 0.6) is 5.75 Å². The van der Waals surface area contributed by atoms with Gasteiger partial charge in [-0.15, -0.1) is 0 Å². The molecule has 1 saturated heterocycles. The fourth-order valence-corrected chi connectivity index (χ4v) is 5.67. The van der Waals surface area contributed by atoms with E-state index in [0.29, 0.717) is 19.7 Å². The number of hydrogen-bond donors (Lipinski definition) is 1. The smallest absolute Gasteiger partial charge is 0.408 e. The Hall–Kier alpha value is -4.08. The Kier molecular flexibility index (Phi) is 5.18. The number of nitrogens with zero attached hydrogens (tertiary/aromatic N) is 6. The number of rotatable bonds is 4. The summed E-state index contributed by atoms with van der Waals surface area (Å²) >= 11 is 0. The van der Waals surface area contributed by atoms with Crippen LogP contribution in [0.15, 0.2) is 41.1 Å². The predicted octanol–water partition coefficient (Wildman–Crippen LogP) is 4.65. The summed E-state index contributed by atoms with van der Waals surface area (Å²) in [4.78, 5) is 25.4. The normalized spacial score (nSPS) is 17.5. The number of benzene rings is 1. The molecule has 10 heteroatoms. The van der Waals surface area contributed by atoms with Crippen LogP contribution in [0.3, 0.4) is 0 Å². The number of hydrogen-bond acceptors (Lipinski definition) is 7. The zero-order valence-corrected chi connectivity index (χ0v) is 21.6. The summed E-state index contributed by atoms with van der Waals surface area (Å²) in [6, 6.07) is 9.59. The lowest BCUT2D eigenvalue weighted by Gasteiger charge is -2.49. The minimum absolute atomic E-state index is 0.115. The van der Waals surface area contributed by atoms with Crippen LogP contribution in [0.25, 0.3) is 22.2 Å². The molecule has 0 bridgehead atoms. The lowest BCUT2D eigenvalue weighted by atomic mass is 9.99. The van der Waals surface area contributed by atoms with Crippen molar-refractivity contribution in [2.45, 2.75) is 52.2 Å². The second-order valence-corrected chi connectivity index (χ2v) is 10.8. The fraction of sp³-hybridized carbons (Fsp3) is 0.407. The van der Waals surface area contributed by atoms with Crippen molar-refractivity contribution in [3.05, 3.63) is 53.7 Å². The third kappa shape index (κ3) is 3.61. The van der Waals surface area contributed by atoms with Crippen molar-refractivity contribution in [3.8, 4) is 16.9 Å². The maximum atomic E-state index is 12.0. The molecule has 37 heavy (non-hydrogen) atoms. The van der Waals surface area contributed by atoms with E-state index in [2.05, 4.69) is 19.6 Å². The Morgan fingerprint density at radius 3 is 2.57 bits per heavy atom. The van der Waals surface area contributed by atoms with E-state index >= 15 is 0 Å². The second-order valence-electron chi connectivity index (χ2n) is 10.8. The van der Waals surface area contributed by atoms with Gasteiger partial charge in [0.05, 0.1) is 28.5 Å². The monoisotopic (exact) mass is 502 g/mol. The Labute approximate surface area is 214 Å². The van der Waals surface area contributed by atoms with Gasteiger partial charge in [-0.3, -0.25) is 14.5 Å². The molecule has 1 fully saturated rings. The van der Waals surface area contributed by atoms with Gasteiger partial charge in [-0.1, -0.05) is 11.2 Å². The predicted molar refractivity (Wildman–Crippen MR) is 138 cm³/mol. The van der Waals surface area contributed by atoms with Gasteiger partial charge in [0, 0.05) is 30.4 Å². The van der Waals surface area contributed by atoms with Gasteiger partial charge in [0.1, 0.15) is 23.9 Å². The first kappa shape index (κ1) is 23.3. The van der Waals surface area contributed by atoms with E-state index in [1.165, 1.54) is 0 Å². The summed E-state index contributed by atoms with van der Waals surface area (Å²) in [5.74, 6) is 2.27.